The van der Waals surface area contributed by atoms with E-state index in [4.69, 9.17) is 14.2 Å². The number of aryl methyl sites for hydroxylation is 1. The summed E-state index contributed by atoms with van der Waals surface area (Å²) in [6.07, 6.45) is 1.77. The van der Waals surface area contributed by atoms with Crippen LogP contribution >= 0.6 is 11.8 Å². The van der Waals surface area contributed by atoms with Crippen molar-refractivity contribution in [3.63, 3.8) is 0 Å². The van der Waals surface area contributed by atoms with Crippen molar-refractivity contribution in [2.24, 2.45) is 7.05 Å². The predicted molar refractivity (Wildman–Crippen MR) is 128 cm³/mol. The molecular formula is C25H25N3O4S. The van der Waals surface area contributed by atoms with Crippen LogP contribution in [0, 0.1) is 0 Å². The summed E-state index contributed by atoms with van der Waals surface area (Å²) in [7, 11) is 3.47. The monoisotopic (exact) mass is 463 g/mol. The molecule has 7 nitrogen and oxygen atoms in total. The van der Waals surface area contributed by atoms with E-state index in [-0.39, 0.29) is 0 Å². The molecule has 8 heteroatoms. The van der Waals surface area contributed by atoms with Crippen LogP contribution < -0.4 is 9.47 Å². The Labute approximate surface area is 196 Å². The van der Waals surface area contributed by atoms with Crippen LogP contribution in [0.4, 0.5) is 0 Å². The molecule has 0 fully saturated rings. The zero-order valence-corrected chi connectivity index (χ0v) is 19.6. The van der Waals surface area contributed by atoms with Crippen molar-refractivity contribution in [2.45, 2.75) is 24.2 Å². The van der Waals surface area contributed by atoms with E-state index in [1.165, 1.54) is 0 Å². The SMILES string of the molecule is CCOC(=O)c1cc(CSc2cc(OCc3ccc(OC)cc3)c3ncccc3c2)n(C)n1. The minimum atomic E-state index is -0.407. The fourth-order valence-electron chi connectivity index (χ4n) is 3.31. The van der Waals surface area contributed by atoms with E-state index in [0.717, 1.165) is 38.6 Å². The van der Waals surface area contributed by atoms with Crippen molar-refractivity contribution in [1.29, 1.82) is 0 Å². The van der Waals surface area contributed by atoms with Gasteiger partial charge in [-0.25, -0.2) is 4.79 Å². The molecule has 2 heterocycles. The van der Waals surface area contributed by atoms with Crippen LogP contribution in [0.5, 0.6) is 11.5 Å². The first kappa shape index (κ1) is 22.7. The number of fused-ring (bicyclic) bond motifs is 1. The number of esters is 1. The van der Waals surface area contributed by atoms with E-state index in [1.807, 2.05) is 49.5 Å². The highest BCUT2D eigenvalue weighted by Crippen LogP contribution is 2.33. The molecule has 0 aliphatic heterocycles. The maximum absolute atomic E-state index is 12.0. The Morgan fingerprint density at radius 1 is 1.12 bits per heavy atom. The molecule has 2 aromatic carbocycles. The zero-order valence-electron chi connectivity index (χ0n) is 18.8. The van der Waals surface area contributed by atoms with Crippen LogP contribution in [0.1, 0.15) is 28.7 Å². The number of hydrogen-bond donors (Lipinski definition) is 0. The zero-order chi connectivity index (χ0) is 23.2. The molecule has 0 unspecified atom stereocenters. The second-order valence-corrected chi connectivity index (χ2v) is 8.34. The molecule has 33 heavy (non-hydrogen) atoms. The number of ether oxygens (including phenoxy) is 3. The lowest BCUT2D eigenvalue weighted by Gasteiger charge is -2.12. The molecule has 0 saturated heterocycles. The highest BCUT2D eigenvalue weighted by molar-refractivity contribution is 7.98. The first-order chi connectivity index (χ1) is 16.1. The smallest absolute Gasteiger partial charge is 0.358 e. The number of benzene rings is 2. The average Bonchev–Trinajstić information content (AvgIpc) is 3.22. The number of pyridine rings is 1. The normalized spacial score (nSPS) is 10.9. The molecule has 170 valence electrons. The molecule has 4 aromatic rings. The van der Waals surface area contributed by atoms with Gasteiger partial charge in [-0.1, -0.05) is 18.2 Å². The van der Waals surface area contributed by atoms with Gasteiger partial charge in [-0.2, -0.15) is 5.10 Å². The van der Waals surface area contributed by atoms with Crippen molar-refractivity contribution in [2.75, 3.05) is 13.7 Å². The summed E-state index contributed by atoms with van der Waals surface area (Å²) < 4.78 is 18.1. The van der Waals surface area contributed by atoms with Gasteiger partial charge in [0.2, 0.25) is 0 Å². The van der Waals surface area contributed by atoms with Crippen molar-refractivity contribution in [3.8, 4) is 11.5 Å². The highest BCUT2D eigenvalue weighted by atomic mass is 32.2. The first-order valence-electron chi connectivity index (χ1n) is 10.5. The van der Waals surface area contributed by atoms with Crippen LogP contribution in [0.2, 0.25) is 0 Å². The Kier molecular flexibility index (Phi) is 7.14. The van der Waals surface area contributed by atoms with Gasteiger partial charge in [0.25, 0.3) is 0 Å². The van der Waals surface area contributed by atoms with E-state index >= 15 is 0 Å². The van der Waals surface area contributed by atoms with Gasteiger partial charge in [0.15, 0.2) is 5.69 Å². The van der Waals surface area contributed by atoms with Crippen LogP contribution in [-0.2, 0) is 24.1 Å². The number of nitrogens with zero attached hydrogens (tertiary/aromatic N) is 3. The van der Waals surface area contributed by atoms with E-state index < -0.39 is 5.97 Å². The molecule has 0 aliphatic rings. The van der Waals surface area contributed by atoms with Gasteiger partial charge in [0.05, 0.1) is 13.7 Å². The van der Waals surface area contributed by atoms with Gasteiger partial charge in [-0.15, -0.1) is 11.8 Å². The molecule has 0 radical (unpaired) electrons. The lowest BCUT2D eigenvalue weighted by Crippen LogP contribution is -2.06. The molecule has 4 rings (SSSR count). The predicted octanol–water partition coefficient (Wildman–Crippen LogP) is 5.02. The average molecular weight is 464 g/mol. The lowest BCUT2D eigenvalue weighted by atomic mass is 10.2. The Morgan fingerprint density at radius 3 is 2.70 bits per heavy atom. The highest BCUT2D eigenvalue weighted by Gasteiger charge is 2.14. The number of hydrogen-bond acceptors (Lipinski definition) is 7. The van der Waals surface area contributed by atoms with Crippen molar-refractivity contribution < 1.29 is 19.0 Å². The van der Waals surface area contributed by atoms with E-state index in [2.05, 4.69) is 16.1 Å². The summed E-state index contributed by atoms with van der Waals surface area (Å²) in [5.74, 6) is 1.77. The van der Waals surface area contributed by atoms with Gasteiger partial charge in [0.1, 0.15) is 23.6 Å². The molecule has 2 aromatic heterocycles. The van der Waals surface area contributed by atoms with Gasteiger partial charge in [0, 0.05) is 35.0 Å². The first-order valence-corrected chi connectivity index (χ1v) is 11.5. The van der Waals surface area contributed by atoms with Crippen LogP contribution in [0.3, 0.4) is 0 Å². The summed E-state index contributed by atoms with van der Waals surface area (Å²) in [5.41, 5.74) is 3.11. The Balaban J connectivity index is 1.52. The van der Waals surface area contributed by atoms with Crippen LogP contribution in [-0.4, -0.2) is 34.5 Å². The Morgan fingerprint density at radius 2 is 1.94 bits per heavy atom. The van der Waals surface area contributed by atoms with Gasteiger partial charge in [-0.3, -0.25) is 9.67 Å². The van der Waals surface area contributed by atoms with Crippen molar-refractivity contribution in [1.82, 2.24) is 14.8 Å². The fourth-order valence-corrected chi connectivity index (χ4v) is 4.30. The summed E-state index contributed by atoms with van der Waals surface area (Å²) in [4.78, 5) is 17.5. The molecule has 0 N–H and O–H groups in total. The van der Waals surface area contributed by atoms with Crippen LogP contribution in [0.25, 0.3) is 10.9 Å². The summed E-state index contributed by atoms with van der Waals surface area (Å²) in [5, 5.41) is 5.27. The Bertz CT molecular complexity index is 1250. The summed E-state index contributed by atoms with van der Waals surface area (Å²) in [6.45, 7) is 2.53. The number of carbonyl (C=O) groups excluding carboxylic acids is 1. The molecule has 0 amide bonds. The van der Waals surface area contributed by atoms with E-state index in [9.17, 15) is 4.79 Å². The minimum absolute atomic E-state index is 0.321. The maximum Gasteiger partial charge on any atom is 0.358 e. The Hall–Kier alpha value is -3.52. The number of rotatable bonds is 9. The fraction of sp³-hybridized carbons (Fsp3) is 0.240. The lowest BCUT2D eigenvalue weighted by molar-refractivity contribution is 0.0518. The number of methoxy groups -OCH3 is 1. The number of carbonyl (C=O) groups is 1. The molecule has 0 saturated carbocycles. The number of aromatic nitrogens is 3. The maximum atomic E-state index is 12.0. The van der Waals surface area contributed by atoms with Gasteiger partial charge >= 0.3 is 5.97 Å². The summed E-state index contributed by atoms with van der Waals surface area (Å²) in [6, 6.07) is 17.6. The van der Waals surface area contributed by atoms with E-state index in [0.29, 0.717) is 24.7 Å². The van der Waals surface area contributed by atoms with Crippen LogP contribution in [0.15, 0.2) is 65.7 Å². The molecule has 0 bridgehead atoms. The van der Waals surface area contributed by atoms with E-state index in [1.54, 1.807) is 42.7 Å². The molecule has 0 atom stereocenters. The molecule has 0 aliphatic carbocycles. The second kappa shape index (κ2) is 10.4. The third kappa shape index (κ3) is 5.46. The second-order valence-electron chi connectivity index (χ2n) is 7.29. The van der Waals surface area contributed by atoms with Gasteiger partial charge < -0.3 is 14.2 Å². The van der Waals surface area contributed by atoms with Crippen molar-refractivity contribution in [3.05, 3.63) is 77.7 Å². The third-order valence-electron chi connectivity index (χ3n) is 5.04. The topological polar surface area (TPSA) is 75.5 Å². The molecule has 0 spiro atoms. The largest absolute Gasteiger partial charge is 0.497 e. The standard InChI is InChI=1S/C25H25N3O4S/c1-4-31-25(29)22-13-19(28(2)27-22)16-33-21-12-18-6-5-11-26-24(18)23(14-21)32-15-17-7-9-20(30-3)10-8-17/h5-14H,4,15-16H2,1-3H3. The number of thioether (sulfide) groups is 1. The minimum Gasteiger partial charge on any atom is -0.497 e. The van der Waals surface area contributed by atoms with Gasteiger partial charge in [-0.05, 0) is 48.9 Å². The third-order valence-corrected chi connectivity index (χ3v) is 6.05. The van der Waals surface area contributed by atoms with Crippen molar-refractivity contribution >= 4 is 28.6 Å². The molecular weight excluding hydrogens is 438 g/mol. The summed E-state index contributed by atoms with van der Waals surface area (Å²) >= 11 is 1.64. The quantitative estimate of drug-likeness (QED) is 0.255.